The van der Waals surface area contributed by atoms with Crippen molar-refractivity contribution in [2.75, 3.05) is 13.2 Å². The predicted octanol–water partition coefficient (Wildman–Crippen LogP) is -0.439. The highest BCUT2D eigenvalue weighted by Crippen LogP contribution is 2.12. The summed E-state index contributed by atoms with van der Waals surface area (Å²) in [4.78, 5) is 0. The van der Waals surface area contributed by atoms with Crippen LogP contribution in [0.5, 0.6) is 0 Å². The van der Waals surface area contributed by atoms with Gasteiger partial charge in [0.05, 0.1) is 0 Å². The molecule has 1 unspecified atom stereocenters. The van der Waals surface area contributed by atoms with E-state index in [9.17, 15) is 0 Å². The Kier molecular flexibility index (Phi) is 1.27. The van der Waals surface area contributed by atoms with Crippen molar-refractivity contribution in [3.05, 3.63) is 0 Å². The van der Waals surface area contributed by atoms with Crippen LogP contribution in [0.25, 0.3) is 0 Å². The SMILES string of the molecule is [SiH3]C1CCOC1. The molecular weight excluding hydrogens is 92.1 g/mol. The van der Waals surface area contributed by atoms with E-state index >= 15 is 0 Å². The molecule has 36 valence electrons. The quantitative estimate of drug-likeness (QED) is 0.377. The third-order valence-corrected chi connectivity index (χ3v) is 2.07. The van der Waals surface area contributed by atoms with Crippen molar-refractivity contribution in [1.29, 1.82) is 0 Å². The summed E-state index contributed by atoms with van der Waals surface area (Å²) in [6.45, 7) is 2.07. The van der Waals surface area contributed by atoms with Crippen LogP contribution >= 0.6 is 0 Å². The second-order valence-electron chi connectivity index (χ2n) is 1.97. The maximum Gasteiger partial charge on any atom is 0.0466 e. The van der Waals surface area contributed by atoms with Gasteiger partial charge < -0.3 is 4.74 Å². The molecule has 1 saturated heterocycles. The third kappa shape index (κ3) is 0.818. The maximum absolute atomic E-state index is 5.09. The van der Waals surface area contributed by atoms with Crippen LogP contribution in [0.2, 0.25) is 5.54 Å². The highest BCUT2D eigenvalue weighted by atomic mass is 28.1. The number of rotatable bonds is 0. The van der Waals surface area contributed by atoms with Crippen molar-refractivity contribution in [2.24, 2.45) is 0 Å². The highest BCUT2D eigenvalue weighted by molar-refractivity contribution is 6.11. The molecule has 2 heteroatoms. The summed E-state index contributed by atoms with van der Waals surface area (Å²) in [6.07, 6.45) is 1.33. The van der Waals surface area contributed by atoms with Crippen molar-refractivity contribution in [2.45, 2.75) is 12.0 Å². The summed E-state index contributed by atoms with van der Waals surface area (Å²) >= 11 is 0. The van der Waals surface area contributed by atoms with Crippen molar-refractivity contribution in [3.63, 3.8) is 0 Å². The zero-order valence-corrected chi connectivity index (χ0v) is 6.11. The van der Waals surface area contributed by atoms with Crippen LogP contribution in [0.1, 0.15) is 6.42 Å². The molecule has 6 heavy (non-hydrogen) atoms. The molecule has 0 radical (unpaired) electrons. The van der Waals surface area contributed by atoms with E-state index < -0.39 is 0 Å². The Morgan fingerprint density at radius 1 is 1.67 bits per heavy atom. The topological polar surface area (TPSA) is 9.23 Å². The first-order valence-electron chi connectivity index (χ1n) is 2.47. The first-order valence-corrected chi connectivity index (χ1v) is 3.63. The zero-order chi connectivity index (χ0) is 4.41. The molecule has 0 saturated carbocycles. The minimum absolute atomic E-state index is 0.963. The lowest BCUT2D eigenvalue weighted by molar-refractivity contribution is 0.198. The van der Waals surface area contributed by atoms with Crippen LogP contribution in [0, 0.1) is 0 Å². The Labute approximate surface area is 41.1 Å². The van der Waals surface area contributed by atoms with Crippen LogP contribution in [-0.4, -0.2) is 23.5 Å². The van der Waals surface area contributed by atoms with E-state index in [0.717, 1.165) is 18.8 Å². The van der Waals surface area contributed by atoms with Gasteiger partial charge in [0.15, 0.2) is 0 Å². The molecule has 0 aromatic carbocycles. The van der Waals surface area contributed by atoms with E-state index in [1.165, 1.54) is 16.7 Å². The molecule has 0 amide bonds. The van der Waals surface area contributed by atoms with E-state index in [4.69, 9.17) is 4.74 Å². The predicted molar refractivity (Wildman–Crippen MR) is 29.1 cm³/mol. The largest absolute Gasteiger partial charge is 0.381 e. The smallest absolute Gasteiger partial charge is 0.0466 e. The lowest BCUT2D eigenvalue weighted by Crippen LogP contribution is -1.86. The third-order valence-electron chi connectivity index (χ3n) is 1.16. The van der Waals surface area contributed by atoms with Crippen LogP contribution < -0.4 is 0 Å². The van der Waals surface area contributed by atoms with Crippen molar-refractivity contribution in [3.8, 4) is 0 Å². The van der Waals surface area contributed by atoms with Crippen LogP contribution in [0.3, 0.4) is 0 Å². The standard InChI is InChI=1S/C4H10OSi/c6-4-1-2-5-3-4/h4H,1-3H2,6H3. The maximum atomic E-state index is 5.09. The normalized spacial score (nSPS) is 35.0. The number of hydrogen-bond donors (Lipinski definition) is 0. The molecule has 1 nitrogen and oxygen atoms in total. The lowest BCUT2D eigenvalue weighted by Gasteiger charge is -1.88. The van der Waals surface area contributed by atoms with Crippen molar-refractivity contribution >= 4 is 10.2 Å². The Bertz CT molecular complexity index is 40.8. The van der Waals surface area contributed by atoms with Crippen LogP contribution in [0.4, 0.5) is 0 Å². The monoisotopic (exact) mass is 102 g/mol. The van der Waals surface area contributed by atoms with E-state index in [1.54, 1.807) is 0 Å². The molecule has 1 heterocycles. The molecule has 1 aliphatic rings. The van der Waals surface area contributed by atoms with E-state index in [2.05, 4.69) is 0 Å². The molecule has 0 aromatic rings. The van der Waals surface area contributed by atoms with Gasteiger partial charge in [-0.1, -0.05) is 0 Å². The Morgan fingerprint density at radius 3 is 2.67 bits per heavy atom. The van der Waals surface area contributed by atoms with Gasteiger partial charge in [0, 0.05) is 23.5 Å². The fourth-order valence-corrected chi connectivity index (χ4v) is 1.12. The van der Waals surface area contributed by atoms with Gasteiger partial charge in [-0.3, -0.25) is 0 Å². The Morgan fingerprint density at radius 2 is 2.50 bits per heavy atom. The molecule has 1 atom stereocenters. The summed E-state index contributed by atoms with van der Waals surface area (Å²) < 4.78 is 5.09. The summed E-state index contributed by atoms with van der Waals surface area (Å²) in [7, 11) is 1.33. The fraction of sp³-hybridized carbons (Fsp3) is 1.00. The minimum atomic E-state index is 0.963. The first-order chi connectivity index (χ1) is 2.89. The molecule has 0 aliphatic carbocycles. The van der Waals surface area contributed by atoms with Crippen LogP contribution in [0.15, 0.2) is 0 Å². The van der Waals surface area contributed by atoms with Gasteiger partial charge in [0.1, 0.15) is 0 Å². The molecule has 0 N–H and O–H groups in total. The van der Waals surface area contributed by atoms with Crippen molar-refractivity contribution in [1.82, 2.24) is 0 Å². The van der Waals surface area contributed by atoms with Gasteiger partial charge in [-0.2, -0.15) is 0 Å². The average molecular weight is 102 g/mol. The molecule has 0 spiro atoms. The second-order valence-corrected chi connectivity index (χ2v) is 3.60. The Balaban J connectivity index is 2.18. The summed E-state index contributed by atoms with van der Waals surface area (Å²) in [5.74, 6) is 0. The van der Waals surface area contributed by atoms with Crippen LogP contribution in [-0.2, 0) is 4.74 Å². The van der Waals surface area contributed by atoms with Gasteiger partial charge in [0.25, 0.3) is 0 Å². The number of ether oxygens (including phenoxy) is 1. The second kappa shape index (κ2) is 1.75. The minimum Gasteiger partial charge on any atom is -0.381 e. The van der Waals surface area contributed by atoms with Crippen molar-refractivity contribution < 1.29 is 4.74 Å². The van der Waals surface area contributed by atoms with E-state index in [1.807, 2.05) is 0 Å². The number of hydrogen-bond acceptors (Lipinski definition) is 1. The Hall–Kier alpha value is 0.177. The van der Waals surface area contributed by atoms with Gasteiger partial charge in [0.2, 0.25) is 0 Å². The average Bonchev–Trinajstić information content (AvgIpc) is 1.86. The zero-order valence-electron chi connectivity index (χ0n) is 4.11. The first kappa shape index (κ1) is 4.34. The molecule has 1 fully saturated rings. The van der Waals surface area contributed by atoms with E-state index in [0.29, 0.717) is 0 Å². The lowest BCUT2D eigenvalue weighted by atomic mass is 10.4. The van der Waals surface area contributed by atoms with Gasteiger partial charge in [-0.15, -0.1) is 0 Å². The summed E-state index contributed by atoms with van der Waals surface area (Å²) in [6, 6.07) is 0. The molecule has 0 aromatic heterocycles. The highest BCUT2D eigenvalue weighted by Gasteiger charge is 2.07. The van der Waals surface area contributed by atoms with E-state index in [-0.39, 0.29) is 0 Å². The van der Waals surface area contributed by atoms with Gasteiger partial charge in [-0.05, 0) is 12.0 Å². The van der Waals surface area contributed by atoms with Gasteiger partial charge in [-0.25, -0.2) is 0 Å². The summed E-state index contributed by atoms with van der Waals surface area (Å²) in [5, 5.41) is 0. The molecule has 1 rings (SSSR count). The fourth-order valence-electron chi connectivity index (χ4n) is 0.652. The summed E-state index contributed by atoms with van der Waals surface area (Å²) in [5.41, 5.74) is 0.963. The van der Waals surface area contributed by atoms with Gasteiger partial charge >= 0.3 is 0 Å². The molecule has 0 bridgehead atoms. The molecular formula is C4H10OSi. The molecule has 1 aliphatic heterocycles.